The number of allylic oxidation sites excluding steroid dienone is 4. The van der Waals surface area contributed by atoms with Crippen LogP contribution in [-0.2, 0) is 6.42 Å². The van der Waals surface area contributed by atoms with E-state index in [2.05, 4.69) is 31.0 Å². The lowest BCUT2D eigenvalue weighted by Crippen LogP contribution is -2.20. The number of benzene rings is 1. The first-order valence-corrected chi connectivity index (χ1v) is 11.0. The standard InChI is InChI=1S/C16H13ClN2OS2.C6H12/c1-2-3-4-10-9-22-14-13(10)15(20)19(16(21)18-14)12-7-5-11(17)6-8-12;1-3-5-6-4-2/h2-3,5-9H,4H2,1H3,(H,18,21);5-6H,3-4H2,1-2H3/b3-2-;6-5-. The van der Waals surface area contributed by atoms with Crippen LogP contribution in [0.4, 0.5) is 0 Å². The zero-order chi connectivity index (χ0) is 20.5. The predicted octanol–water partition coefficient (Wildman–Crippen LogP) is 7.24. The molecule has 0 aliphatic carbocycles. The van der Waals surface area contributed by atoms with Gasteiger partial charge in [0.05, 0.1) is 11.1 Å². The number of thiophene rings is 1. The van der Waals surface area contributed by atoms with Crippen molar-refractivity contribution < 1.29 is 0 Å². The number of nitrogens with zero attached hydrogens (tertiary/aromatic N) is 1. The number of aromatic nitrogens is 2. The molecule has 0 amide bonds. The summed E-state index contributed by atoms with van der Waals surface area (Å²) in [5, 5.41) is 3.33. The molecule has 28 heavy (non-hydrogen) atoms. The van der Waals surface area contributed by atoms with Crippen LogP contribution >= 0.6 is 35.2 Å². The maximum atomic E-state index is 12.9. The Morgan fingerprint density at radius 1 is 1.14 bits per heavy atom. The summed E-state index contributed by atoms with van der Waals surface area (Å²) in [6.07, 6.45) is 11.5. The summed E-state index contributed by atoms with van der Waals surface area (Å²) in [6.45, 7) is 6.26. The van der Waals surface area contributed by atoms with Gasteiger partial charge in [-0.1, -0.05) is 49.8 Å². The summed E-state index contributed by atoms with van der Waals surface area (Å²) < 4.78 is 1.90. The highest BCUT2D eigenvalue weighted by molar-refractivity contribution is 7.71. The second-order valence-corrected chi connectivity index (χ2v) is 7.78. The van der Waals surface area contributed by atoms with Crippen molar-refractivity contribution in [2.24, 2.45) is 0 Å². The molecule has 0 unspecified atom stereocenters. The third-order valence-corrected chi connectivity index (χ3v) is 5.48. The average Bonchev–Trinajstić information content (AvgIpc) is 3.09. The molecule has 1 aromatic carbocycles. The van der Waals surface area contributed by atoms with Crippen LogP contribution in [0.2, 0.25) is 5.02 Å². The molecule has 3 aromatic rings. The third kappa shape index (κ3) is 5.53. The monoisotopic (exact) mass is 432 g/mol. The van der Waals surface area contributed by atoms with E-state index in [9.17, 15) is 4.79 Å². The minimum Gasteiger partial charge on any atom is -0.323 e. The fourth-order valence-corrected chi connectivity index (χ4v) is 4.08. The van der Waals surface area contributed by atoms with Crippen molar-refractivity contribution in [1.29, 1.82) is 0 Å². The number of nitrogens with one attached hydrogen (secondary N) is 1. The van der Waals surface area contributed by atoms with Crippen LogP contribution in [0.1, 0.15) is 39.2 Å². The lowest BCUT2D eigenvalue weighted by atomic mass is 10.1. The summed E-state index contributed by atoms with van der Waals surface area (Å²) >= 11 is 12.8. The van der Waals surface area contributed by atoms with E-state index in [1.165, 1.54) is 28.7 Å². The van der Waals surface area contributed by atoms with Gasteiger partial charge < -0.3 is 4.98 Å². The topological polar surface area (TPSA) is 37.8 Å². The van der Waals surface area contributed by atoms with E-state index < -0.39 is 0 Å². The molecule has 0 aliphatic heterocycles. The molecule has 3 rings (SSSR count). The SMILES string of the molecule is C/C=C\Cc1csc2[nH]c(=S)n(-c3ccc(Cl)cc3)c(=O)c12.CC/C=C\CC. The number of hydrogen-bond donors (Lipinski definition) is 1. The molecule has 0 saturated heterocycles. The van der Waals surface area contributed by atoms with Crippen molar-refractivity contribution in [3.05, 3.63) is 79.7 Å². The Morgan fingerprint density at radius 3 is 2.36 bits per heavy atom. The zero-order valence-corrected chi connectivity index (χ0v) is 18.8. The van der Waals surface area contributed by atoms with Gasteiger partial charge in [-0.2, -0.15) is 0 Å². The minimum atomic E-state index is -0.0955. The summed E-state index contributed by atoms with van der Waals surface area (Å²) in [5.41, 5.74) is 1.62. The Hall–Kier alpha value is -1.95. The van der Waals surface area contributed by atoms with Crippen molar-refractivity contribution in [1.82, 2.24) is 9.55 Å². The highest BCUT2D eigenvalue weighted by atomic mass is 35.5. The fraction of sp³-hybridized carbons (Fsp3) is 0.273. The molecule has 3 nitrogen and oxygen atoms in total. The second-order valence-electron chi connectivity index (χ2n) is 6.07. The normalized spacial score (nSPS) is 11.3. The Kier molecular flexibility index (Phi) is 8.90. The van der Waals surface area contributed by atoms with E-state index >= 15 is 0 Å². The molecule has 148 valence electrons. The Balaban J connectivity index is 0.000000409. The number of H-pyrrole nitrogens is 1. The van der Waals surface area contributed by atoms with Crippen molar-refractivity contribution in [3.63, 3.8) is 0 Å². The van der Waals surface area contributed by atoms with Crippen LogP contribution < -0.4 is 5.56 Å². The van der Waals surface area contributed by atoms with E-state index in [1.54, 1.807) is 24.3 Å². The molecular formula is C22H25ClN2OS2. The summed E-state index contributed by atoms with van der Waals surface area (Å²) in [7, 11) is 0. The molecule has 2 heterocycles. The molecule has 2 aromatic heterocycles. The molecular weight excluding hydrogens is 408 g/mol. The van der Waals surface area contributed by atoms with Gasteiger partial charge in [-0.3, -0.25) is 9.36 Å². The van der Waals surface area contributed by atoms with E-state index in [0.29, 0.717) is 20.9 Å². The number of hydrogen-bond acceptors (Lipinski definition) is 3. The molecule has 0 bridgehead atoms. The van der Waals surface area contributed by atoms with Crippen LogP contribution in [-0.4, -0.2) is 9.55 Å². The van der Waals surface area contributed by atoms with Crippen molar-refractivity contribution in [2.45, 2.75) is 40.0 Å². The first-order chi connectivity index (χ1) is 13.5. The van der Waals surface area contributed by atoms with Gasteiger partial charge in [0.1, 0.15) is 4.83 Å². The fourth-order valence-electron chi connectivity index (χ4n) is 2.63. The molecule has 1 N–H and O–H groups in total. The Labute approximate surface area is 180 Å². The molecule has 0 atom stereocenters. The number of halogens is 1. The quantitative estimate of drug-likeness (QED) is 0.340. The highest BCUT2D eigenvalue weighted by Crippen LogP contribution is 2.23. The van der Waals surface area contributed by atoms with Gasteiger partial charge in [-0.05, 0) is 73.6 Å². The smallest absolute Gasteiger partial charge is 0.267 e. The maximum Gasteiger partial charge on any atom is 0.267 e. The number of rotatable bonds is 5. The predicted molar refractivity (Wildman–Crippen MR) is 126 cm³/mol. The first kappa shape index (κ1) is 22.3. The molecule has 6 heteroatoms. The lowest BCUT2D eigenvalue weighted by molar-refractivity contribution is 0.941. The average molecular weight is 433 g/mol. The molecule has 0 fully saturated rings. The molecule has 0 radical (unpaired) electrons. The van der Waals surface area contributed by atoms with Gasteiger partial charge in [0, 0.05) is 5.02 Å². The zero-order valence-electron chi connectivity index (χ0n) is 16.4. The van der Waals surface area contributed by atoms with Crippen molar-refractivity contribution >= 4 is 45.4 Å². The van der Waals surface area contributed by atoms with Crippen LogP contribution in [0.25, 0.3) is 15.9 Å². The van der Waals surface area contributed by atoms with Gasteiger partial charge in [0.2, 0.25) is 0 Å². The third-order valence-electron chi connectivity index (χ3n) is 4.00. The van der Waals surface area contributed by atoms with Crippen LogP contribution in [0.3, 0.4) is 0 Å². The number of aromatic amines is 1. The van der Waals surface area contributed by atoms with Gasteiger partial charge >= 0.3 is 0 Å². The lowest BCUT2D eigenvalue weighted by Gasteiger charge is -2.07. The van der Waals surface area contributed by atoms with Crippen molar-refractivity contribution in [2.75, 3.05) is 0 Å². The van der Waals surface area contributed by atoms with E-state index in [4.69, 9.17) is 23.8 Å². The Morgan fingerprint density at radius 2 is 1.79 bits per heavy atom. The summed E-state index contributed by atoms with van der Waals surface area (Å²) in [5.74, 6) is 0. The van der Waals surface area contributed by atoms with Gasteiger partial charge in [0.25, 0.3) is 5.56 Å². The molecule has 0 spiro atoms. The van der Waals surface area contributed by atoms with Gasteiger partial charge in [-0.15, -0.1) is 11.3 Å². The first-order valence-electron chi connectivity index (χ1n) is 9.30. The van der Waals surface area contributed by atoms with E-state index in [0.717, 1.165) is 16.8 Å². The van der Waals surface area contributed by atoms with Crippen LogP contribution in [0.5, 0.6) is 0 Å². The molecule has 0 aliphatic rings. The van der Waals surface area contributed by atoms with Crippen molar-refractivity contribution in [3.8, 4) is 5.69 Å². The van der Waals surface area contributed by atoms with Gasteiger partial charge in [0.15, 0.2) is 4.77 Å². The van der Waals surface area contributed by atoms with E-state index in [1.807, 2.05) is 24.5 Å². The summed E-state index contributed by atoms with van der Waals surface area (Å²) in [4.78, 5) is 16.9. The number of fused-ring (bicyclic) bond motifs is 1. The largest absolute Gasteiger partial charge is 0.323 e. The minimum absolute atomic E-state index is 0.0955. The van der Waals surface area contributed by atoms with Gasteiger partial charge in [-0.25, -0.2) is 0 Å². The maximum absolute atomic E-state index is 12.9. The molecule has 0 saturated carbocycles. The van der Waals surface area contributed by atoms with Crippen LogP contribution in [0.15, 0.2) is 58.7 Å². The van der Waals surface area contributed by atoms with Crippen LogP contribution in [0, 0.1) is 4.77 Å². The summed E-state index contributed by atoms with van der Waals surface area (Å²) in [6, 6.07) is 7.07. The Bertz CT molecular complexity index is 1070. The second kappa shape index (κ2) is 11.1. The van der Waals surface area contributed by atoms with E-state index in [-0.39, 0.29) is 5.56 Å². The highest BCUT2D eigenvalue weighted by Gasteiger charge is 2.12.